The van der Waals surface area contributed by atoms with Gasteiger partial charge >= 0.3 is 0 Å². The van der Waals surface area contributed by atoms with Gasteiger partial charge in [0.25, 0.3) is 0 Å². The standard InChI is InChI=1S/C19H18N4O5S/c24-29(25,14-3-4-17-18(12-14)28-11-10-27-17)20-5-6-22-7-8-23-19(22)13-15(21-23)16-2-1-9-26-16/h1-4,7-9,12-13,20H,5-6,10-11H2. The van der Waals surface area contributed by atoms with Crippen LogP contribution < -0.4 is 14.2 Å². The molecule has 5 rings (SSSR count). The summed E-state index contributed by atoms with van der Waals surface area (Å²) < 4.78 is 47.8. The van der Waals surface area contributed by atoms with Crippen LogP contribution in [-0.2, 0) is 16.6 Å². The number of nitrogens with one attached hydrogen (secondary N) is 1. The second-order valence-corrected chi connectivity index (χ2v) is 8.27. The monoisotopic (exact) mass is 414 g/mol. The number of ether oxygens (including phenoxy) is 2. The number of hydrogen-bond acceptors (Lipinski definition) is 6. The third-order valence-electron chi connectivity index (χ3n) is 4.64. The molecule has 0 saturated heterocycles. The fourth-order valence-corrected chi connectivity index (χ4v) is 4.27. The Bertz CT molecular complexity index is 1260. The Hall–Kier alpha value is -3.24. The Morgan fingerprint density at radius 1 is 1.07 bits per heavy atom. The molecule has 0 aliphatic carbocycles. The van der Waals surface area contributed by atoms with Gasteiger partial charge in [-0.3, -0.25) is 0 Å². The summed E-state index contributed by atoms with van der Waals surface area (Å²) >= 11 is 0. The highest BCUT2D eigenvalue weighted by Crippen LogP contribution is 2.32. The molecule has 0 unspecified atom stereocenters. The topological polar surface area (TPSA) is 100 Å². The van der Waals surface area contributed by atoms with Crippen LogP contribution in [0, 0.1) is 0 Å². The van der Waals surface area contributed by atoms with Crippen LogP contribution in [0.4, 0.5) is 0 Å². The fraction of sp³-hybridized carbons (Fsp3) is 0.211. The third kappa shape index (κ3) is 3.36. The molecule has 150 valence electrons. The SMILES string of the molecule is O=S(=O)(NCCn1ccn2nc(-c3ccco3)cc12)c1ccc2c(c1)OCCO2. The van der Waals surface area contributed by atoms with Crippen LogP contribution in [0.1, 0.15) is 0 Å². The van der Waals surface area contributed by atoms with E-state index in [2.05, 4.69) is 9.82 Å². The highest BCUT2D eigenvalue weighted by Gasteiger charge is 2.19. The molecule has 4 aromatic rings. The van der Waals surface area contributed by atoms with Crippen LogP contribution in [0.15, 0.2) is 64.4 Å². The fourth-order valence-electron chi connectivity index (χ4n) is 3.24. The van der Waals surface area contributed by atoms with E-state index in [1.54, 1.807) is 22.9 Å². The zero-order valence-electron chi connectivity index (χ0n) is 15.3. The van der Waals surface area contributed by atoms with E-state index in [1.807, 2.05) is 29.1 Å². The highest BCUT2D eigenvalue weighted by molar-refractivity contribution is 7.89. The first-order valence-corrected chi connectivity index (χ1v) is 10.6. The summed E-state index contributed by atoms with van der Waals surface area (Å²) in [6.45, 7) is 1.53. The predicted octanol–water partition coefficient (Wildman–Crippen LogP) is 2.15. The number of fused-ring (bicyclic) bond motifs is 2. The van der Waals surface area contributed by atoms with Gasteiger partial charge in [-0.25, -0.2) is 17.7 Å². The maximum absolute atomic E-state index is 12.6. The molecule has 0 amide bonds. The second kappa shape index (κ2) is 6.98. The van der Waals surface area contributed by atoms with Crippen molar-refractivity contribution in [1.82, 2.24) is 18.9 Å². The van der Waals surface area contributed by atoms with Gasteiger partial charge in [0.1, 0.15) is 24.6 Å². The van der Waals surface area contributed by atoms with E-state index in [4.69, 9.17) is 13.9 Å². The summed E-state index contributed by atoms with van der Waals surface area (Å²) in [6.07, 6.45) is 5.27. The smallest absolute Gasteiger partial charge is 0.240 e. The largest absolute Gasteiger partial charge is 0.486 e. The van der Waals surface area contributed by atoms with E-state index in [0.29, 0.717) is 37.0 Å². The average molecular weight is 414 g/mol. The molecule has 1 aliphatic heterocycles. The lowest BCUT2D eigenvalue weighted by Crippen LogP contribution is -2.27. The van der Waals surface area contributed by atoms with Crippen LogP contribution in [0.2, 0.25) is 0 Å². The van der Waals surface area contributed by atoms with Crippen molar-refractivity contribution in [3.8, 4) is 23.0 Å². The molecular formula is C19H18N4O5S. The van der Waals surface area contributed by atoms with E-state index in [0.717, 1.165) is 11.3 Å². The lowest BCUT2D eigenvalue weighted by molar-refractivity contribution is 0.171. The lowest BCUT2D eigenvalue weighted by atomic mass is 10.3. The van der Waals surface area contributed by atoms with Crippen molar-refractivity contribution in [2.24, 2.45) is 0 Å². The summed E-state index contributed by atoms with van der Waals surface area (Å²) in [5, 5.41) is 4.46. The minimum atomic E-state index is -3.67. The Balaban J connectivity index is 1.29. The molecule has 10 heteroatoms. The van der Waals surface area contributed by atoms with E-state index in [-0.39, 0.29) is 11.4 Å². The van der Waals surface area contributed by atoms with Crippen molar-refractivity contribution in [1.29, 1.82) is 0 Å². The van der Waals surface area contributed by atoms with Gasteiger partial charge < -0.3 is 18.5 Å². The molecule has 3 aromatic heterocycles. The molecule has 0 atom stereocenters. The Kier molecular flexibility index (Phi) is 4.29. The number of hydrogen-bond donors (Lipinski definition) is 1. The van der Waals surface area contributed by atoms with Crippen LogP contribution >= 0.6 is 0 Å². The molecule has 0 spiro atoms. The van der Waals surface area contributed by atoms with Gasteiger partial charge in [0.05, 0.1) is 11.2 Å². The zero-order valence-corrected chi connectivity index (χ0v) is 16.1. The van der Waals surface area contributed by atoms with Gasteiger partial charge in [0.2, 0.25) is 10.0 Å². The highest BCUT2D eigenvalue weighted by atomic mass is 32.2. The lowest BCUT2D eigenvalue weighted by Gasteiger charge is -2.19. The number of aromatic nitrogens is 3. The van der Waals surface area contributed by atoms with E-state index >= 15 is 0 Å². The first kappa shape index (κ1) is 17.8. The van der Waals surface area contributed by atoms with Crippen molar-refractivity contribution in [3.63, 3.8) is 0 Å². The van der Waals surface area contributed by atoms with Crippen LogP contribution in [0.5, 0.6) is 11.5 Å². The quantitative estimate of drug-likeness (QED) is 0.519. The summed E-state index contributed by atoms with van der Waals surface area (Å²) in [4.78, 5) is 0.142. The number of furan rings is 1. The maximum atomic E-state index is 12.6. The molecule has 1 N–H and O–H groups in total. The molecule has 1 aliphatic rings. The van der Waals surface area contributed by atoms with Gasteiger partial charge in [-0.05, 0) is 24.3 Å². The van der Waals surface area contributed by atoms with Gasteiger partial charge in [0.15, 0.2) is 17.3 Å². The molecule has 1 aromatic carbocycles. The van der Waals surface area contributed by atoms with Gasteiger partial charge in [-0.1, -0.05) is 0 Å². The molecule has 0 bridgehead atoms. The average Bonchev–Trinajstić information content (AvgIpc) is 3.45. The minimum Gasteiger partial charge on any atom is -0.486 e. The number of nitrogens with zero attached hydrogens (tertiary/aromatic N) is 3. The summed E-state index contributed by atoms with van der Waals surface area (Å²) in [5.41, 5.74) is 1.56. The minimum absolute atomic E-state index is 0.142. The molecule has 29 heavy (non-hydrogen) atoms. The van der Waals surface area contributed by atoms with Crippen LogP contribution in [-0.4, -0.2) is 42.4 Å². The Labute approximate surface area is 166 Å². The van der Waals surface area contributed by atoms with E-state index < -0.39 is 10.0 Å². The number of sulfonamides is 1. The van der Waals surface area contributed by atoms with Gasteiger partial charge in [0, 0.05) is 37.6 Å². The Morgan fingerprint density at radius 3 is 2.76 bits per heavy atom. The predicted molar refractivity (Wildman–Crippen MR) is 104 cm³/mol. The van der Waals surface area contributed by atoms with Crippen molar-refractivity contribution in [3.05, 3.63) is 55.1 Å². The molecular weight excluding hydrogens is 396 g/mol. The second-order valence-electron chi connectivity index (χ2n) is 6.50. The Morgan fingerprint density at radius 2 is 1.93 bits per heavy atom. The molecule has 0 radical (unpaired) electrons. The zero-order chi connectivity index (χ0) is 19.8. The van der Waals surface area contributed by atoms with Crippen LogP contribution in [0.3, 0.4) is 0 Å². The van der Waals surface area contributed by atoms with Crippen molar-refractivity contribution in [2.75, 3.05) is 19.8 Å². The summed E-state index contributed by atoms with van der Waals surface area (Å²) in [7, 11) is -3.67. The van der Waals surface area contributed by atoms with Gasteiger partial charge in [-0.15, -0.1) is 0 Å². The number of benzene rings is 1. The first-order chi connectivity index (χ1) is 14.1. The van der Waals surface area contributed by atoms with Crippen molar-refractivity contribution < 1.29 is 22.3 Å². The van der Waals surface area contributed by atoms with Crippen LogP contribution in [0.25, 0.3) is 17.1 Å². The van der Waals surface area contributed by atoms with Crippen molar-refractivity contribution >= 4 is 15.7 Å². The van der Waals surface area contributed by atoms with Crippen molar-refractivity contribution in [2.45, 2.75) is 11.4 Å². The molecule has 0 fully saturated rings. The molecule has 0 saturated carbocycles. The number of imidazole rings is 1. The van der Waals surface area contributed by atoms with Gasteiger partial charge in [-0.2, -0.15) is 5.10 Å². The summed E-state index contributed by atoms with van der Waals surface area (Å²) in [6, 6.07) is 10.1. The van der Waals surface area contributed by atoms with E-state index in [9.17, 15) is 8.42 Å². The maximum Gasteiger partial charge on any atom is 0.240 e. The van der Waals surface area contributed by atoms with E-state index in [1.165, 1.54) is 12.1 Å². The third-order valence-corrected chi connectivity index (χ3v) is 6.10. The first-order valence-electron chi connectivity index (χ1n) is 9.08. The molecule has 4 heterocycles. The summed E-state index contributed by atoms with van der Waals surface area (Å²) in [5.74, 6) is 1.67. The normalized spacial score (nSPS) is 13.8. The molecule has 9 nitrogen and oxygen atoms in total. The number of rotatable bonds is 6.